The summed E-state index contributed by atoms with van der Waals surface area (Å²) in [5.41, 5.74) is 1.28. The summed E-state index contributed by atoms with van der Waals surface area (Å²) >= 11 is 8.93. The summed E-state index contributed by atoms with van der Waals surface area (Å²) in [7, 11) is 1.35. The predicted octanol–water partition coefficient (Wildman–Crippen LogP) is 2.97. The summed E-state index contributed by atoms with van der Waals surface area (Å²) in [6.07, 6.45) is 0. The quantitative estimate of drug-likeness (QED) is 0.606. The number of benzene rings is 1. The number of rotatable bonds is 2. The van der Waals surface area contributed by atoms with Gasteiger partial charge in [0, 0.05) is 10.4 Å². The van der Waals surface area contributed by atoms with E-state index in [9.17, 15) is 4.79 Å². The van der Waals surface area contributed by atoms with Gasteiger partial charge in [-0.1, -0.05) is 22.0 Å². The average Bonchev–Trinajstić information content (AvgIpc) is 2.16. The summed E-state index contributed by atoms with van der Waals surface area (Å²) in [6.45, 7) is 0. The third kappa shape index (κ3) is 2.45. The molecule has 0 fully saturated rings. The summed E-state index contributed by atoms with van der Waals surface area (Å²) < 4.78 is 5.45. The lowest BCUT2D eigenvalue weighted by Crippen LogP contribution is -2.04. The van der Waals surface area contributed by atoms with E-state index in [0.717, 1.165) is 10.0 Å². The van der Waals surface area contributed by atoms with E-state index < -0.39 is 0 Å². The first-order chi connectivity index (χ1) is 6.19. The van der Waals surface area contributed by atoms with E-state index in [2.05, 4.69) is 20.7 Å². The molecular formula is C9H8BrClO2. The van der Waals surface area contributed by atoms with Crippen molar-refractivity contribution < 1.29 is 9.53 Å². The van der Waals surface area contributed by atoms with Crippen LogP contribution in [0.2, 0.25) is 0 Å². The SMILES string of the molecule is COC(=O)c1cc(Br)ccc1CCl. The minimum atomic E-state index is -0.364. The first-order valence-corrected chi connectivity index (χ1v) is 4.94. The fourth-order valence-corrected chi connectivity index (χ4v) is 1.56. The maximum atomic E-state index is 11.2. The molecule has 13 heavy (non-hydrogen) atoms. The molecule has 0 aliphatic heterocycles. The van der Waals surface area contributed by atoms with Gasteiger partial charge >= 0.3 is 5.97 Å². The average molecular weight is 264 g/mol. The largest absolute Gasteiger partial charge is 0.465 e. The van der Waals surface area contributed by atoms with Gasteiger partial charge in [-0.3, -0.25) is 0 Å². The smallest absolute Gasteiger partial charge is 0.338 e. The van der Waals surface area contributed by atoms with Crippen molar-refractivity contribution in [1.29, 1.82) is 0 Å². The van der Waals surface area contributed by atoms with Crippen molar-refractivity contribution in [2.24, 2.45) is 0 Å². The number of carbonyl (C=O) groups is 1. The van der Waals surface area contributed by atoms with Crippen molar-refractivity contribution in [2.45, 2.75) is 5.88 Å². The van der Waals surface area contributed by atoms with Crippen LogP contribution >= 0.6 is 27.5 Å². The number of carbonyl (C=O) groups excluding carboxylic acids is 1. The Morgan fingerprint density at radius 3 is 2.85 bits per heavy atom. The molecule has 4 heteroatoms. The van der Waals surface area contributed by atoms with Crippen LogP contribution < -0.4 is 0 Å². The van der Waals surface area contributed by atoms with Crippen molar-refractivity contribution in [2.75, 3.05) is 7.11 Å². The normalized spacial score (nSPS) is 9.77. The molecule has 70 valence electrons. The van der Waals surface area contributed by atoms with Crippen LogP contribution in [0.25, 0.3) is 0 Å². The molecule has 0 saturated heterocycles. The molecule has 0 spiro atoms. The molecule has 0 aliphatic carbocycles. The van der Waals surface area contributed by atoms with Crippen LogP contribution in [0, 0.1) is 0 Å². The van der Waals surface area contributed by atoms with Crippen LogP contribution in [0.4, 0.5) is 0 Å². The van der Waals surface area contributed by atoms with E-state index in [1.165, 1.54) is 7.11 Å². The third-order valence-corrected chi connectivity index (χ3v) is 2.40. The molecule has 0 aliphatic rings. The van der Waals surface area contributed by atoms with E-state index in [-0.39, 0.29) is 5.97 Å². The van der Waals surface area contributed by atoms with E-state index in [1.54, 1.807) is 12.1 Å². The molecule has 0 saturated carbocycles. The lowest BCUT2D eigenvalue weighted by molar-refractivity contribution is 0.0599. The zero-order chi connectivity index (χ0) is 9.84. The zero-order valence-electron chi connectivity index (χ0n) is 7.01. The van der Waals surface area contributed by atoms with Gasteiger partial charge in [0.15, 0.2) is 0 Å². The van der Waals surface area contributed by atoms with Crippen LogP contribution in [0.1, 0.15) is 15.9 Å². The molecule has 0 N–H and O–H groups in total. The molecular weight excluding hydrogens is 255 g/mol. The van der Waals surface area contributed by atoms with Crippen molar-refractivity contribution in [1.82, 2.24) is 0 Å². The van der Waals surface area contributed by atoms with Crippen molar-refractivity contribution in [3.63, 3.8) is 0 Å². The lowest BCUT2D eigenvalue weighted by atomic mass is 10.1. The zero-order valence-corrected chi connectivity index (χ0v) is 9.35. The van der Waals surface area contributed by atoms with Gasteiger partial charge in [0.1, 0.15) is 0 Å². The second kappa shape index (κ2) is 4.63. The first-order valence-electron chi connectivity index (χ1n) is 3.61. The van der Waals surface area contributed by atoms with Gasteiger partial charge in [-0.25, -0.2) is 4.79 Å². The molecule has 0 amide bonds. The Labute approximate surface area is 90.0 Å². The molecule has 0 atom stereocenters. The minimum Gasteiger partial charge on any atom is -0.465 e. The highest BCUT2D eigenvalue weighted by Crippen LogP contribution is 2.18. The summed E-state index contributed by atoms with van der Waals surface area (Å²) in [5.74, 6) is -0.0606. The summed E-state index contributed by atoms with van der Waals surface area (Å²) in [5, 5.41) is 0. The van der Waals surface area contributed by atoms with E-state index >= 15 is 0 Å². The van der Waals surface area contributed by atoms with Gasteiger partial charge in [-0.15, -0.1) is 11.6 Å². The maximum absolute atomic E-state index is 11.2. The Morgan fingerprint density at radius 2 is 2.31 bits per heavy atom. The van der Waals surface area contributed by atoms with Crippen LogP contribution in [-0.4, -0.2) is 13.1 Å². The molecule has 2 nitrogen and oxygen atoms in total. The second-order valence-electron chi connectivity index (χ2n) is 2.43. The molecule has 0 radical (unpaired) electrons. The Morgan fingerprint density at radius 1 is 1.62 bits per heavy atom. The van der Waals surface area contributed by atoms with Crippen molar-refractivity contribution in [3.05, 3.63) is 33.8 Å². The highest BCUT2D eigenvalue weighted by Gasteiger charge is 2.10. The monoisotopic (exact) mass is 262 g/mol. The number of esters is 1. The molecule has 0 heterocycles. The third-order valence-electron chi connectivity index (χ3n) is 1.62. The number of ether oxygens (including phenoxy) is 1. The van der Waals surface area contributed by atoms with Crippen molar-refractivity contribution >= 4 is 33.5 Å². The molecule has 1 aromatic rings. The van der Waals surface area contributed by atoms with Gasteiger partial charge in [0.25, 0.3) is 0 Å². The maximum Gasteiger partial charge on any atom is 0.338 e. The fourth-order valence-electron chi connectivity index (χ4n) is 0.965. The van der Waals surface area contributed by atoms with Crippen LogP contribution in [0.5, 0.6) is 0 Å². The first kappa shape index (κ1) is 10.5. The van der Waals surface area contributed by atoms with Crippen LogP contribution in [0.3, 0.4) is 0 Å². The molecule has 0 unspecified atom stereocenters. The topological polar surface area (TPSA) is 26.3 Å². The highest BCUT2D eigenvalue weighted by molar-refractivity contribution is 9.10. The molecule has 1 aromatic carbocycles. The summed E-state index contributed by atoms with van der Waals surface area (Å²) in [6, 6.07) is 5.33. The van der Waals surface area contributed by atoms with Gasteiger partial charge in [0.2, 0.25) is 0 Å². The van der Waals surface area contributed by atoms with E-state index in [0.29, 0.717) is 11.4 Å². The standard InChI is InChI=1S/C9H8BrClO2/c1-13-9(12)8-4-7(10)3-2-6(8)5-11/h2-4H,5H2,1H3. The Kier molecular flexibility index (Phi) is 3.75. The van der Waals surface area contributed by atoms with Gasteiger partial charge in [0.05, 0.1) is 12.7 Å². The molecule has 0 aromatic heterocycles. The number of methoxy groups -OCH3 is 1. The number of halogens is 2. The number of hydrogen-bond donors (Lipinski definition) is 0. The minimum absolute atomic E-state index is 0.303. The van der Waals surface area contributed by atoms with Crippen molar-refractivity contribution in [3.8, 4) is 0 Å². The number of hydrogen-bond acceptors (Lipinski definition) is 2. The Balaban J connectivity index is 3.15. The predicted molar refractivity (Wildman–Crippen MR) is 55.0 cm³/mol. The fraction of sp³-hybridized carbons (Fsp3) is 0.222. The van der Waals surface area contributed by atoms with Crippen LogP contribution in [-0.2, 0) is 10.6 Å². The second-order valence-corrected chi connectivity index (χ2v) is 3.61. The van der Waals surface area contributed by atoms with Crippen LogP contribution in [0.15, 0.2) is 22.7 Å². The van der Waals surface area contributed by atoms with Gasteiger partial charge in [-0.2, -0.15) is 0 Å². The summed E-state index contributed by atoms with van der Waals surface area (Å²) in [4.78, 5) is 11.2. The highest BCUT2D eigenvalue weighted by atomic mass is 79.9. The van der Waals surface area contributed by atoms with Gasteiger partial charge < -0.3 is 4.74 Å². The molecule has 1 rings (SSSR count). The lowest BCUT2D eigenvalue weighted by Gasteiger charge is -2.04. The Hall–Kier alpha value is -0.540. The van der Waals surface area contributed by atoms with E-state index in [1.807, 2.05) is 6.07 Å². The van der Waals surface area contributed by atoms with Gasteiger partial charge in [-0.05, 0) is 17.7 Å². The molecule has 0 bridgehead atoms. The number of alkyl halides is 1. The Bertz CT molecular complexity index is 325. The van der Waals surface area contributed by atoms with E-state index in [4.69, 9.17) is 11.6 Å².